The molecule has 1 rings (SSSR count). The van der Waals surface area contributed by atoms with Gasteiger partial charge in [0.2, 0.25) is 0 Å². The van der Waals surface area contributed by atoms with Crippen LogP contribution in [0.1, 0.15) is 25.8 Å². The Bertz CT molecular complexity index is 382. The van der Waals surface area contributed by atoms with Crippen LogP contribution in [0.15, 0.2) is 29.2 Å². The lowest BCUT2D eigenvalue weighted by Gasteiger charge is -2.19. The molecule has 0 aliphatic rings. The van der Waals surface area contributed by atoms with Crippen LogP contribution in [0.3, 0.4) is 0 Å². The first-order chi connectivity index (χ1) is 8.65. The summed E-state index contributed by atoms with van der Waals surface area (Å²) in [5.74, 6) is 0.291. The number of nitrogens with zero attached hydrogens (tertiary/aromatic N) is 1. The molecule has 3 nitrogen and oxygen atoms in total. The van der Waals surface area contributed by atoms with Crippen molar-refractivity contribution in [1.29, 1.82) is 0 Å². The monoisotopic (exact) mass is 267 g/mol. The van der Waals surface area contributed by atoms with Crippen LogP contribution in [0, 0.1) is 0 Å². The number of benzene rings is 1. The minimum absolute atomic E-state index is 0.110. The lowest BCUT2D eigenvalue weighted by molar-refractivity contribution is -0.138. The highest BCUT2D eigenvalue weighted by Crippen LogP contribution is 2.19. The van der Waals surface area contributed by atoms with Gasteiger partial charge in [-0.15, -0.1) is 11.8 Å². The van der Waals surface area contributed by atoms with E-state index < -0.39 is 5.97 Å². The summed E-state index contributed by atoms with van der Waals surface area (Å²) in [6.07, 6.45) is 0.969. The number of hydrogen-bond donors (Lipinski definition) is 1. The highest BCUT2D eigenvalue weighted by molar-refractivity contribution is 7.99. The van der Waals surface area contributed by atoms with Gasteiger partial charge in [0.1, 0.15) is 0 Å². The number of carbonyl (C=O) groups is 1. The Kier molecular flexibility index (Phi) is 6.83. The summed E-state index contributed by atoms with van der Waals surface area (Å²) < 4.78 is 0. The van der Waals surface area contributed by atoms with Gasteiger partial charge >= 0.3 is 5.97 Å². The molecule has 0 spiro atoms. The number of thioether (sulfide) groups is 1. The second kappa shape index (κ2) is 8.16. The third-order valence-electron chi connectivity index (χ3n) is 2.51. The van der Waals surface area contributed by atoms with Gasteiger partial charge in [-0.05, 0) is 36.4 Å². The predicted molar refractivity (Wildman–Crippen MR) is 76.0 cm³/mol. The van der Waals surface area contributed by atoms with E-state index in [0.717, 1.165) is 18.7 Å². The van der Waals surface area contributed by atoms with Gasteiger partial charge in [-0.2, -0.15) is 0 Å². The molecule has 100 valence electrons. The third-order valence-corrected chi connectivity index (χ3v) is 3.39. The van der Waals surface area contributed by atoms with Crippen LogP contribution < -0.4 is 0 Å². The molecule has 0 bridgehead atoms. The summed E-state index contributed by atoms with van der Waals surface area (Å²) in [5, 5.41) is 8.88. The molecule has 0 heterocycles. The van der Waals surface area contributed by atoms with E-state index in [4.69, 9.17) is 5.11 Å². The summed E-state index contributed by atoms with van der Waals surface area (Å²) in [6, 6.07) is 8.35. The van der Waals surface area contributed by atoms with Gasteiger partial charge in [0, 0.05) is 11.4 Å². The zero-order valence-corrected chi connectivity index (χ0v) is 11.9. The smallest absolute Gasteiger partial charge is 0.317 e. The van der Waals surface area contributed by atoms with Crippen LogP contribution in [-0.2, 0) is 11.3 Å². The molecule has 0 saturated carbocycles. The summed E-state index contributed by atoms with van der Waals surface area (Å²) in [5.41, 5.74) is 1.18. The van der Waals surface area contributed by atoms with E-state index in [1.54, 1.807) is 0 Å². The van der Waals surface area contributed by atoms with Gasteiger partial charge in [0.05, 0.1) is 6.54 Å². The molecular weight excluding hydrogens is 246 g/mol. The molecule has 0 atom stereocenters. The number of carboxylic acids is 1. The van der Waals surface area contributed by atoms with Crippen LogP contribution in [0.5, 0.6) is 0 Å². The maximum absolute atomic E-state index is 10.8. The second-order valence-electron chi connectivity index (χ2n) is 4.18. The normalized spacial score (nSPS) is 10.8. The molecule has 0 saturated heterocycles. The van der Waals surface area contributed by atoms with Crippen molar-refractivity contribution in [2.24, 2.45) is 0 Å². The second-order valence-corrected chi connectivity index (χ2v) is 5.52. The average molecular weight is 267 g/mol. The lowest BCUT2D eigenvalue weighted by atomic mass is 10.2. The van der Waals surface area contributed by atoms with Gasteiger partial charge in [-0.25, -0.2) is 0 Å². The van der Waals surface area contributed by atoms with Crippen molar-refractivity contribution in [2.75, 3.05) is 18.8 Å². The fraction of sp³-hybridized carbons (Fsp3) is 0.500. The van der Waals surface area contributed by atoms with E-state index in [-0.39, 0.29) is 6.54 Å². The molecule has 1 N–H and O–H groups in total. The molecule has 1 aromatic carbocycles. The highest BCUT2D eigenvalue weighted by Gasteiger charge is 2.09. The summed E-state index contributed by atoms with van der Waals surface area (Å²) in [7, 11) is 0. The largest absolute Gasteiger partial charge is 0.480 e. The molecule has 18 heavy (non-hydrogen) atoms. The fourth-order valence-corrected chi connectivity index (χ4v) is 2.62. The zero-order valence-electron chi connectivity index (χ0n) is 11.1. The summed E-state index contributed by atoms with van der Waals surface area (Å²) in [4.78, 5) is 14.0. The van der Waals surface area contributed by atoms with Crippen LogP contribution in [-0.4, -0.2) is 34.8 Å². The van der Waals surface area contributed by atoms with Gasteiger partial charge in [-0.3, -0.25) is 9.69 Å². The van der Waals surface area contributed by atoms with E-state index in [2.05, 4.69) is 32.0 Å². The molecule has 0 radical (unpaired) electrons. The molecule has 0 aliphatic heterocycles. The van der Waals surface area contributed by atoms with Crippen molar-refractivity contribution in [1.82, 2.24) is 4.90 Å². The van der Waals surface area contributed by atoms with Crippen molar-refractivity contribution < 1.29 is 9.90 Å². The zero-order chi connectivity index (χ0) is 13.4. The quantitative estimate of drug-likeness (QED) is 0.735. The Labute approximate surface area is 113 Å². The maximum atomic E-state index is 10.8. The van der Waals surface area contributed by atoms with Gasteiger partial charge in [0.15, 0.2) is 0 Å². The fourth-order valence-electron chi connectivity index (χ4n) is 1.88. The third kappa shape index (κ3) is 5.56. The first-order valence-electron chi connectivity index (χ1n) is 6.31. The van der Waals surface area contributed by atoms with Crippen molar-refractivity contribution in [3.8, 4) is 0 Å². The first kappa shape index (κ1) is 15.1. The summed E-state index contributed by atoms with van der Waals surface area (Å²) >= 11 is 1.81. The van der Waals surface area contributed by atoms with Gasteiger partial charge in [-0.1, -0.05) is 26.0 Å². The Morgan fingerprint density at radius 3 is 2.78 bits per heavy atom. The lowest BCUT2D eigenvalue weighted by Crippen LogP contribution is -2.30. The number of carboxylic acid groups (broad SMARTS) is 1. The van der Waals surface area contributed by atoms with E-state index in [1.807, 2.05) is 22.7 Å². The van der Waals surface area contributed by atoms with E-state index in [0.29, 0.717) is 6.54 Å². The average Bonchev–Trinajstić information content (AvgIpc) is 2.29. The van der Waals surface area contributed by atoms with Crippen molar-refractivity contribution in [3.63, 3.8) is 0 Å². The van der Waals surface area contributed by atoms with Crippen LogP contribution >= 0.6 is 11.8 Å². The van der Waals surface area contributed by atoms with Crippen molar-refractivity contribution >= 4 is 17.7 Å². The minimum atomic E-state index is -0.762. The van der Waals surface area contributed by atoms with Crippen LogP contribution in [0.2, 0.25) is 0 Å². The first-order valence-corrected chi connectivity index (χ1v) is 7.30. The molecule has 0 unspecified atom stereocenters. The molecular formula is C14H21NO2S. The summed E-state index contributed by atoms with van der Waals surface area (Å²) in [6.45, 7) is 5.83. The van der Waals surface area contributed by atoms with E-state index >= 15 is 0 Å². The maximum Gasteiger partial charge on any atom is 0.317 e. The van der Waals surface area contributed by atoms with Crippen LogP contribution in [0.4, 0.5) is 0 Å². The molecule has 0 fully saturated rings. The number of rotatable bonds is 8. The Balaban J connectivity index is 2.67. The number of aliphatic carboxylic acids is 1. The topological polar surface area (TPSA) is 40.5 Å². The number of hydrogen-bond acceptors (Lipinski definition) is 3. The predicted octanol–water partition coefficient (Wildman–Crippen LogP) is 3.10. The highest BCUT2D eigenvalue weighted by atomic mass is 32.2. The SMILES string of the molecule is CCCN(CC(=O)O)Cc1cccc(SCC)c1. The van der Waals surface area contributed by atoms with Crippen molar-refractivity contribution in [3.05, 3.63) is 29.8 Å². The minimum Gasteiger partial charge on any atom is -0.480 e. The van der Waals surface area contributed by atoms with Crippen molar-refractivity contribution in [2.45, 2.75) is 31.7 Å². The molecule has 0 aliphatic carbocycles. The van der Waals surface area contributed by atoms with Gasteiger partial charge < -0.3 is 5.11 Å². The van der Waals surface area contributed by atoms with E-state index in [9.17, 15) is 4.79 Å². The Hall–Kier alpha value is -1.00. The van der Waals surface area contributed by atoms with E-state index in [1.165, 1.54) is 10.5 Å². The molecule has 0 aromatic heterocycles. The Morgan fingerprint density at radius 2 is 2.17 bits per heavy atom. The van der Waals surface area contributed by atoms with Crippen LogP contribution in [0.25, 0.3) is 0 Å². The standard InChI is InChI=1S/C14H21NO2S/c1-3-8-15(11-14(16)17)10-12-6-5-7-13(9-12)18-4-2/h5-7,9H,3-4,8,10-11H2,1-2H3,(H,16,17). The Morgan fingerprint density at radius 1 is 1.39 bits per heavy atom. The van der Waals surface area contributed by atoms with Gasteiger partial charge in [0.25, 0.3) is 0 Å². The molecule has 1 aromatic rings. The molecule has 4 heteroatoms. The molecule has 0 amide bonds.